The molecule has 0 aromatic heterocycles. The Morgan fingerprint density at radius 1 is 1.14 bits per heavy atom. The Labute approximate surface area is 168 Å². The van der Waals surface area contributed by atoms with Crippen LogP contribution >= 0.6 is 0 Å². The molecule has 2 rings (SSSR count). The number of rotatable bonds is 6. The molecule has 1 aliphatic rings. The number of nitrogens with two attached hydrogens (primary N) is 1. The van der Waals surface area contributed by atoms with Crippen LogP contribution in [0.25, 0.3) is 0 Å². The number of hydrogen-bond acceptors (Lipinski definition) is 7. The first-order valence-corrected chi connectivity index (χ1v) is 10.2. The Balaban J connectivity index is 0.000000612. The summed E-state index contributed by atoms with van der Waals surface area (Å²) in [6.45, 7) is 4.94. The fraction of sp³-hybridized carbons (Fsp3) is 0.471. The number of benzene rings is 1. The highest BCUT2D eigenvalue weighted by atomic mass is 32.2. The van der Waals surface area contributed by atoms with Gasteiger partial charge in [-0.2, -0.15) is 0 Å². The number of amides is 1. The highest BCUT2D eigenvalue weighted by molar-refractivity contribution is 7.89. The Hall–Kier alpha value is -2.54. The van der Waals surface area contributed by atoms with Gasteiger partial charge in [0, 0.05) is 13.1 Å². The molecule has 0 bridgehead atoms. The van der Waals surface area contributed by atoms with Crippen molar-refractivity contribution in [1.29, 1.82) is 0 Å². The summed E-state index contributed by atoms with van der Waals surface area (Å²) in [5, 5.41) is 23.0. The largest absolute Gasteiger partial charge is 0.473 e. The monoisotopic (exact) mass is 431 g/mol. The molecule has 1 fully saturated rings. The van der Waals surface area contributed by atoms with E-state index in [1.54, 1.807) is 12.1 Å². The van der Waals surface area contributed by atoms with Crippen LogP contribution in [0.3, 0.4) is 0 Å². The second kappa shape index (κ2) is 11.5. The second-order valence-electron chi connectivity index (χ2n) is 6.16. The summed E-state index contributed by atoms with van der Waals surface area (Å²) in [4.78, 5) is 32.3. The quantitative estimate of drug-likeness (QED) is 0.406. The molecular formula is C17H25N3O8S. The van der Waals surface area contributed by atoms with E-state index in [0.717, 1.165) is 5.56 Å². The van der Waals surface area contributed by atoms with Crippen LogP contribution in [0, 0.1) is 0 Å². The van der Waals surface area contributed by atoms with Crippen molar-refractivity contribution in [2.75, 3.05) is 32.8 Å². The van der Waals surface area contributed by atoms with Crippen LogP contribution in [-0.2, 0) is 35.6 Å². The maximum Gasteiger partial charge on any atom is 0.414 e. The third kappa shape index (κ3) is 9.00. The number of carboxylic acid groups (broad SMARTS) is 2. The van der Waals surface area contributed by atoms with E-state index < -0.39 is 22.0 Å². The molecule has 162 valence electrons. The summed E-state index contributed by atoms with van der Waals surface area (Å²) in [5.74, 6) is -3.57. The molecule has 29 heavy (non-hydrogen) atoms. The van der Waals surface area contributed by atoms with Gasteiger partial charge in [-0.05, 0) is 37.6 Å². The molecule has 1 atom stereocenters. The van der Waals surface area contributed by atoms with E-state index in [9.17, 15) is 13.2 Å². The average molecular weight is 431 g/mol. The smallest absolute Gasteiger partial charge is 0.414 e. The van der Waals surface area contributed by atoms with Crippen molar-refractivity contribution in [3.8, 4) is 0 Å². The van der Waals surface area contributed by atoms with Crippen molar-refractivity contribution >= 4 is 27.9 Å². The molecule has 0 aliphatic carbocycles. The molecular weight excluding hydrogens is 406 g/mol. The zero-order chi connectivity index (χ0) is 22.0. The number of sulfonamides is 1. The molecule has 12 heteroatoms. The van der Waals surface area contributed by atoms with Gasteiger partial charge in [0.1, 0.15) is 0 Å². The number of ether oxygens (including phenoxy) is 1. The summed E-state index contributed by atoms with van der Waals surface area (Å²) in [6.07, 6.45) is 0.700. The van der Waals surface area contributed by atoms with Gasteiger partial charge in [-0.25, -0.2) is 23.1 Å². The first-order valence-electron chi connectivity index (χ1n) is 8.70. The zero-order valence-corrected chi connectivity index (χ0v) is 16.7. The van der Waals surface area contributed by atoms with E-state index in [0.29, 0.717) is 39.3 Å². The summed E-state index contributed by atoms with van der Waals surface area (Å²) in [5.41, 5.74) is 0.982. The minimum absolute atomic E-state index is 0.0814. The van der Waals surface area contributed by atoms with Crippen LogP contribution in [-0.4, -0.2) is 80.3 Å². The number of carboxylic acids is 2. The third-order valence-electron chi connectivity index (χ3n) is 3.99. The lowest BCUT2D eigenvalue weighted by molar-refractivity contribution is -0.159. The Morgan fingerprint density at radius 2 is 1.66 bits per heavy atom. The van der Waals surface area contributed by atoms with Crippen LogP contribution in [0.15, 0.2) is 29.2 Å². The van der Waals surface area contributed by atoms with Crippen LogP contribution in [0.2, 0.25) is 0 Å². The fourth-order valence-corrected chi connectivity index (χ4v) is 2.94. The van der Waals surface area contributed by atoms with Gasteiger partial charge in [0.05, 0.1) is 24.2 Å². The summed E-state index contributed by atoms with van der Waals surface area (Å²) in [7, 11) is -3.65. The van der Waals surface area contributed by atoms with E-state index in [4.69, 9.17) is 29.7 Å². The second-order valence-corrected chi connectivity index (χ2v) is 7.72. The van der Waals surface area contributed by atoms with Crippen molar-refractivity contribution in [3.05, 3.63) is 29.8 Å². The van der Waals surface area contributed by atoms with Crippen molar-refractivity contribution < 1.29 is 37.8 Å². The molecule has 1 amide bonds. The summed E-state index contributed by atoms with van der Waals surface area (Å²) >= 11 is 0. The Morgan fingerprint density at radius 3 is 2.10 bits per heavy atom. The summed E-state index contributed by atoms with van der Waals surface area (Å²) in [6, 6.07) is 6.20. The topological polar surface area (TPSA) is 176 Å². The number of aliphatic carboxylic acids is 2. The lowest BCUT2D eigenvalue weighted by atomic mass is 10.1. The highest BCUT2D eigenvalue weighted by Crippen LogP contribution is 2.09. The molecule has 1 saturated heterocycles. The van der Waals surface area contributed by atoms with Crippen molar-refractivity contribution in [2.24, 2.45) is 5.14 Å². The maximum absolute atomic E-state index is 12.2. The van der Waals surface area contributed by atoms with E-state index in [1.165, 1.54) is 12.1 Å². The number of morpholine rings is 1. The minimum Gasteiger partial charge on any atom is -0.473 e. The minimum atomic E-state index is -3.65. The number of hydrogen-bond donors (Lipinski definition) is 4. The first-order chi connectivity index (χ1) is 13.5. The standard InChI is InChI=1S/C15H23N3O4S.C2H2O4/c1-12(15(19)18-8-10-22-11-9-18)17-7-6-13-2-4-14(5-3-13)23(16,20)21;3-1(4)2(5)6/h2-5,12,17H,6-11H2,1H3,(H2,16,20,21);(H,3,4)(H,5,6). The number of nitrogens with zero attached hydrogens (tertiary/aromatic N) is 1. The van der Waals surface area contributed by atoms with Gasteiger partial charge < -0.3 is 25.2 Å². The molecule has 0 saturated carbocycles. The van der Waals surface area contributed by atoms with Gasteiger partial charge in [-0.15, -0.1) is 0 Å². The lowest BCUT2D eigenvalue weighted by Gasteiger charge is -2.29. The Bertz CT molecular complexity index is 792. The number of carbonyl (C=O) groups excluding carboxylic acids is 1. The molecule has 1 unspecified atom stereocenters. The number of primary sulfonamides is 1. The van der Waals surface area contributed by atoms with Crippen LogP contribution in [0.1, 0.15) is 12.5 Å². The predicted octanol–water partition coefficient (Wildman–Crippen LogP) is -1.13. The number of nitrogens with one attached hydrogen (secondary N) is 1. The van der Waals surface area contributed by atoms with E-state index >= 15 is 0 Å². The van der Waals surface area contributed by atoms with Gasteiger partial charge in [0.15, 0.2) is 0 Å². The SMILES string of the molecule is CC(NCCc1ccc(S(N)(=O)=O)cc1)C(=O)N1CCOCC1.O=C(O)C(=O)O. The predicted molar refractivity (Wildman–Crippen MR) is 102 cm³/mol. The van der Waals surface area contributed by atoms with Gasteiger partial charge in [-0.1, -0.05) is 12.1 Å². The fourth-order valence-electron chi connectivity index (χ4n) is 2.42. The zero-order valence-electron chi connectivity index (χ0n) is 15.9. The van der Waals surface area contributed by atoms with Crippen LogP contribution in [0.4, 0.5) is 0 Å². The van der Waals surface area contributed by atoms with Gasteiger partial charge >= 0.3 is 11.9 Å². The molecule has 5 N–H and O–H groups in total. The average Bonchev–Trinajstić information content (AvgIpc) is 2.68. The van der Waals surface area contributed by atoms with E-state index in [1.807, 2.05) is 11.8 Å². The third-order valence-corrected chi connectivity index (χ3v) is 4.92. The molecule has 1 aliphatic heterocycles. The summed E-state index contributed by atoms with van der Waals surface area (Å²) < 4.78 is 27.6. The molecule has 0 radical (unpaired) electrons. The van der Waals surface area contributed by atoms with Gasteiger partial charge in [0.25, 0.3) is 0 Å². The van der Waals surface area contributed by atoms with E-state index in [2.05, 4.69) is 5.32 Å². The number of carbonyl (C=O) groups is 3. The molecule has 1 aromatic rings. The van der Waals surface area contributed by atoms with E-state index in [-0.39, 0.29) is 16.8 Å². The van der Waals surface area contributed by atoms with Crippen LogP contribution in [0.5, 0.6) is 0 Å². The molecule has 11 nitrogen and oxygen atoms in total. The lowest BCUT2D eigenvalue weighted by Crippen LogP contribution is -2.49. The van der Waals surface area contributed by atoms with Crippen molar-refractivity contribution in [3.63, 3.8) is 0 Å². The van der Waals surface area contributed by atoms with Gasteiger partial charge in [0.2, 0.25) is 15.9 Å². The van der Waals surface area contributed by atoms with Gasteiger partial charge in [-0.3, -0.25) is 4.79 Å². The normalized spacial score (nSPS) is 15.0. The van der Waals surface area contributed by atoms with Crippen molar-refractivity contribution in [1.82, 2.24) is 10.2 Å². The molecule has 1 aromatic carbocycles. The Kier molecular flexibility index (Phi) is 9.68. The maximum atomic E-state index is 12.2. The van der Waals surface area contributed by atoms with Crippen LogP contribution < -0.4 is 10.5 Å². The molecule has 0 spiro atoms. The highest BCUT2D eigenvalue weighted by Gasteiger charge is 2.21. The molecule has 1 heterocycles. The van der Waals surface area contributed by atoms with Crippen molar-refractivity contribution in [2.45, 2.75) is 24.3 Å². The first kappa shape index (κ1) is 24.5.